The van der Waals surface area contributed by atoms with E-state index in [1.807, 2.05) is 24.0 Å². The summed E-state index contributed by atoms with van der Waals surface area (Å²) in [4.78, 5) is 4.45. The van der Waals surface area contributed by atoms with Gasteiger partial charge in [0.05, 0.1) is 5.52 Å². The Bertz CT molecular complexity index is 520. The van der Waals surface area contributed by atoms with E-state index < -0.39 is 0 Å². The summed E-state index contributed by atoms with van der Waals surface area (Å²) in [5.74, 6) is 1.10. The average Bonchev–Trinajstić information content (AvgIpc) is 2.43. The summed E-state index contributed by atoms with van der Waals surface area (Å²) in [7, 11) is 0. The normalized spacial score (nSPS) is 13.1. The van der Waals surface area contributed by atoms with Gasteiger partial charge >= 0.3 is 0 Å². The first-order valence-corrected chi connectivity index (χ1v) is 7.96. The Labute approximate surface area is 120 Å². The topological polar surface area (TPSA) is 24.9 Å². The van der Waals surface area contributed by atoms with E-state index >= 15 is 0 Å². The molecule has 1 aromatic carbocycles. The molecule has 0 fully saturated rings. The first-order chi connectivity index (χ1) is 9.22. The molecule has 0 radical (unpaired) electrons. The zero-order valence-electron chi connectivity index (χ0n) is 11.9. The Kier molecular flexibility index (Phi) is 5.23. The Morgan fingerprint density at radius 2 is 2.05 bits per heavy atom. The third-order valence-electron chi connectivity index (χ3n) is 3.10. The van der Waals surface area contributed by atoms with Crippen molar-refractivity contribution in [3.8, 4) is 0 Å². The van der Waals surface area contributed by atoms with Crippen LogP contribution in [0, 0.1) is 0 Å². The minimum absolute atomic E-state index is 0.394. The van der Waals surface area contributed by atoms with Crippen molar-refractivity contribution < 1.29 is 0 Å². The van der Waals surface area contributed by atoms with Gasteiger partial charge in [0.2, 0.25) is 0 Å². The lowest BCUT2D eigenvalue weighted by Crippen LogP contribution is -2.23. The van der Waals surface area contributed by atoms with Crippen LogP contribution >= 0.6 is 11.8 Å². The third kappa shape index (κ3) is 3.71. The molecule has 0 aliphatic heterocycles. The molecular weight excluding hydrogens is 252 g/mol. The van der Waals surface area contributed by atoms with Crippen LogP contribution < -0.4 is 5.32 Å². The van der Waals surface area contributed by atoms with E-state index in [4.69, 9.17) is 0 Å². The van der Waals surface area contributed by atoms with Crippen LogP contribution in [0.25, 0.3) is 10.9 Å². The van der Waals surface area contributed by atoms with Crippen LogP contribution in [-0.2, 0) is 0 Å². The number of aromatic nitrogens is 1. The van der Waals surface area contributed by atoms with Crippen molar-refractivity contribution in [1.82, 2.24) is 10.3 Å². The van der Waals surface area contributed by atoms with Crippen LogP contribution in [0.5, 0.6) is 0 Å². The van der Waals surface area contributed by atoms with Crippen LogP contribution in [0.15, 0.2) is 36.5 Å². The predicted molar refractivity (Wildman–Crippen MR) is 85.8 cm³/mol. The van der Waals surface area contributed by atoms with E-state index in [0.29, 0.717) is 11.3 Å². The predicted octanol–water partition coefficient (Wildman–Crippen LogP) is 4.03. The molecule has 2 aromatic rings. The fraction of sp³-hybridized carbons (Fsp3) is 0.438. The Morgan fingerprint density at radius 3 is 2.79 bits per heavy atom. The summed E-state index contributed by atoms with van der Waals surface area (Å²) >= 11 is 2.00. The lowest BCUT2D eigenvalue weighted by Gasteiger charge is -2.20. The number of fused-ring (bicyclic) bond motifs is 1. The summed E-state index contributed by atoms with van der Waals surface area (Å²) in [6.45, 7) is 7.65. The first-order valence-electron chi connectivity index (χ1n) is 6.91. The number of rotatable bonds is 6. The van der Waals surface area contributed by atoms with E-state index in [2.05, 4.69) is 55.3 Å². The van der Waals surface area contributed by atoms with Crippen molar-refractivity contribution in [3.63, 3.8) is 0 Å². The van der Waals surface area contributed by atoms with E-state index in [9.17, 15) is 0 Å². The zero-order chi connectivity index (χ0) is 13.7. The number of hydrogen-bond acceptors (Lipinski definition) is 3. The second-order valence-corrected chi connectivity index (χ2v) is 6.52. The maximum Gasteiger partial charge on any atom is 0.0705 e. The van der Waals surface area contributed by atoms with Gasteiger partial charge in [-0.05, 0) is 29.5 Å². The fourth-order valence-corrected chi connectivity index (χ4v) is 3.10. The molecule has 0 bridgehead atoms. The molecule has 1 atom stereocenters. The van der Waals surface area contributed by atoms with Crippen LogP contribution in [0.2, 0.25) is 0 Å². The highest BCUT2D eigenvalue weighted by Gasteiger charge is 2.14. The van der Waals surface area contributed by atoms with Crippen molar-refractivity contribution in [2.24, 2.45) is 0 Å². The van der Waals surface area contributed by atoms with Gasteiger partial charge in [-0.3, -0.25) is 4.98 Å². The molecule has 0 aliphatic carbocycles. The molecule has 2 rings (SSSR count). The number of nitrogens with zero attached hydrogens (tertiary/aromatic N) is 1. The summed E-state index contributed by atoms with van der Waals surface area (Å²) < 4.78 is 0. The van der Waals surface area contributed by atoms with Crippen molar-refractivity contribution >= 4 is 22.7 Å². The second kappa shape index (κ2) is 6.92. The number of thioether (sulfide) groups is 1. The quantitative estimate of drug-likeness (QED) is 0.861. The summed E-state index contributed by atoms with van der Waals surface area (Å²) in [6.07, 6.45) is 1.86. The van der Waals surface area contributed by atoms with Gasteiger partial charge in [-0.2, -0.15) is 11.8 Å². The van der Waals surface area contributed by atoms with E-state index in [0.717, 1.165) is 17.8 Å². The molecule has 0 saturated heterocycles. The molecule has 1 N–H and O–H groups in total. The van der Waals surface area contributed by atoms with Gasteiger partial charge in [-0.1, -0.05) is 39.0 Å². The molecule has 1 unspecified atom stereocenters. The zero-order valence-corrected chi connectivity index (χ0v) is 12.7. The molecule has 1 heterocycles. The molecule has 2 nitrogen and oxygen atoms in total. The molecular formula is C16H22N2S. The lowest BCUT2D eigenvalue weighted by atomic mass is 10.0. The van der Waals surface area contributed by atoms with Crippen LogP contribution in [0.1, 0.15) is 32.4 Å². The van der Waals surface area contributed by atoms with Crippen LogP contribution in [0.3, 0.4) is 0 Å². The second-order valence-electron chi connectivity index (χ2n) is 4.91. The molecule has 0 aliphatic rings. The Hall–Kier alpha value is -1.06. The maximum absolute atomic E-state index is 4.45. The summed E-state index contributed by atoms with van der Waals surface area (Å²) in [5.41, 5.74) is 2.44. The first kappa shape index (κ1) is 14.4. The van der Waals surface area contributed by atoms with Crippen molar-refractivity contribution in [3.05, 3.63) is 42.1 Å². The summed E-state index contributed by atoms with van der Waals surface area (Å²) in [5, 5.41) is 5.52. The number of hydrogen-bond donors (Lipinski definition) is 1. The van der Waals surface area contributed by atoms with Crippen molar-refractivity contribution in [1.29, 1.82) is 0 Å². The molecule has 0 saturated carbocycles. The molecule has 102 valence electrons. The average molecular weight is 274 g/mol. The van der Waals surface area contributed by atoms with Crippen molar-refractivity contribution in [2.45, 2.75) is 32.1 Å². The smallest absolute Gasteiger partial charge is 0.0705 e. The number of benzene rings is 1. The molecule has 3 heteroatoms. The summed E-state index contributed by atoms with van der Waals surface area (Å²) in [6, 6.07) is 11.0. The SMILES string of the molecule is CCNC(CSC(C)C)c1cccc2ncccc12. The molecule has 19 heavy (non-hydrogen) atoms. The Morgan fingerprint density at radius 1 is 1.21 bits per heavy atom. The lowest BCUT2D eigenvalue weighted by molar-refractivity contribution is 0.609. The van der Waals surface area contributed by atoms with Crippen LogP contribution in [-0.4, -0.2) is 22.5 Å². The molecule has 0 amide bonds. The highest BCUT2D eigenvalue weighted by Crippen LogP contribution is 2.26. The Balaban J connectivity index is 2.32. The van der Waals surface area contributed by atoms with Gasteiger partial charge < -0.3 is 5.32 Å². The molecule has 1 aromatic heterocycles. The number of nitrogens with one attached hydrogen (secondary N) is 1. The third-order valence-corrected chi connectivity index (χ3v) is 4.29. The van der Waals surface area contributed by atoms with E-state index in [1.54, 1.807) is 0 Å². The van der Waals surface area contributed by atoms with Crippen molar-refractivity contribution in [2.75, 3.05) is 12.3 Å². The molecule has 0 spiro atoms. The van der Waals surface area contributed by atoms with Gasteiger partial charge in [0.25, 0.3) is 0 Å². The fourth-order valence-electron chi connectivity index (χ4n) is 2.22. The minimum atomic E-state index is 0.394. The number of pyridine rings is 1. The monoisotopic (exact) mass is 274 g/mol. The van der Waals surface area contributed by atoms with E-state index in [-0.39, 0.29) is 0 Å². The van der Waals surface area contributed by atoms with Gasteiger partial charge in [0, 0.05) is 23.4 Å². The van der Waals surface area contributed by atoms with Gasteiger partial charge in [0.15, 0.2) is 0 Å². The minimum Gasteiger partial charge on any atom is -0.309 e. The highest BCUT2D eigenvalue weighted by molar-refractivity contribution is 7.99. The van der Waals surface area contributed by atoms with E-state index in [1.165, 1.54) is 10.9 Å². The van der Waals surface area contributed by atoms with Gasteiger partial charge in [-0.15, -0.1) is 0 Å². The van der Waals surface area contributed by atoms with Crippen LogP contribution in [0.4, 0.5) is 0 Å². The standard InChI is InChI=1S/C16H22N2S/c1-4-17-16(11-19-12(2)3)14-7-5-9-15-13(14)8-6-10-18-15/h5-10,12,16-17H,4,11H2,1-3H3. The highest BCUT2D eigenvalue weighted by atomic mass is 32.2. The van der Waals surface area contributed by atoms with Gasteiger partial charge in [-0.25, -0.2) is 0 Å². The van der Waals surface area contributed by atoms with Gasteiger partial charge in [0.1, 0.15) is 0 Å². The maximum atomic E-state index is 4.45. The largest absolute Gasteiger partial charge is 0.309 e.